The molecule has 0 bridgehead atoms. The average Bonchev–Trinajstić information content (AvgIpc) is 2.76. The van der Waals surface area contributed by atoms with Gasteiger partial charge in [0.15, 0.2) is 6.10 Å². The van der Waals surface area contributed by atoms with Gasteiger partial charge in [-0.2, -0.15) is 0 Å². The molecular weight excluding hydrogens is 464 g/mol. The number of carbonyl (C=O) groups is 3. The van der Waals surface area contributed by atoms with E-state index in [1.165, 1.54) is 0 Å². The Balaban J connectivity index is 3.02. The minimum atomic E-state index is -1.49. The van der Waals surface area contributed by atoms with E-state index in [-0.39, 0.29) is 17.8 Å². The quantitative estimate of drug-likeness (QED) is 0.198. The van der Waals surface area contributed by atoms with Crippen molar-refractivity contribution < 1.29 is 29.3 Å². The molecule has 7 N–H and O–H groups in total. The van der Waals surface area contributed by atoms with Crippen molar-refractivity contribution in [3.8, 4) is 0 Å². The minimum Gasteiger partial charge on any atom is -0.442 e. The van der Waals surface area contributed by atoms with Gasteiger partial charge in [0.2, 0.25) is 5.91 Å². The first-order chi connectivity index (χ1) is 16.8. The van der Waals surface area contributed by atoms with Gasteiger partial charge in [-0.3, -0.25) is 14.9 Å². The Kier molecular flexibility index (Phi) is 13.4. The summed E-state index contributed by atoms with van der Waals surface area (Å²) >= 11 is 0. The number of ether oxygens (including phenoxy) is 1. The van der Waals surface area contributed by atoms with E-state index in [1.54, 1.807) is 24.3 Å². The van der Waals surface area contributed by atoms with Gasteiger partial charge in [0, 0.05) is 5.69 Å². The molecule has 10 nitrogen and oxygen atoms in total. The van der Waals surface area contributed by atoms with Crippen LogP contribution in [0, 0.1) is 17.8 Å². The molecular formula is C26H44N4O6. The fourth-order valence-electron chi connectivity index (χ4n) is 3.87. The van der Waals surface area contributed by atoms with Crippen LogP contribution in [0.15, 0.2) is 30.3 Å². The molecule has 1 aromatic carbocycles. The summed E-state index contributed by atoms with van der Waals surface area (Å²) in [6, 6.07) is 7.01. The van der Waals surface area contributed by atoms with Gasteiger partial charge in [0.1, 0.15) is 12.3 Å². The van der Waals surface area contributed by atoms with Gasteiger partial charge in [-0.05, 0) is 49.1 Å². The SMILES string of the molecule is CC(C)CC(OC(N)=O)C(O)N[C@@H](CC(C)C)C(=O)N[C@@H](CC(C)C)[C@H](O)C(=O)Nc1ccccc1. The number of hydrogen-bond acceptors (Lipinski definition) is 7. The molecule has 10 heteroatoms. The van der Waals surface area contributed by atoms with Crippen LogP contribution in [0.4, 0.5) is 10.5 Å². The molecule has 36 heavy (non-hydrogen) atoms. The second kappa shape index (κ2) is 15.4. The van der Waals surface area contributed by atoms with E-state index in [9.17, 15) is 24.6 Å². The molecule has 0 radical (unpaired) electrons. The van der Waals surface area contributed by atoms with Crippen molar-refractivity contribution in [2.24, 2.45) is 23.5 Å². The van der Waals surface area contributed by atoms with Crippen molar-refractivity contribution in [1.29, 1.82) is 0 Å². The number of amides is 3. The molecule has 0 fully saturated rings. The van der Waals surface area contributed by atoms with Crippen molar-refractivity contribution in [3.63, 3.8) is 0 Å². The number of benzene rings is 1. The van der Waals surface area contributed by atoms with Crippen molar-refractivity contribution in [2.75, 3.05) is 5.32 Å². The van der Waals surface area contributed by atoms with E-state index in [0.717, 1.165) is 0 Å². The highest BCUT2D eigenvalue weighted by Gasteiger charge is 2.33. The van der Waals surface area contributed by atoms with Crippen LogP contribution in [0.2, 0.25) is 0 Å². The first-order valence-electron chi connectivity index (χ1n) is 12.5. The van der Waals surface area contributed by atoms with Crippen LogP contribution < -0.4 is 21.7 Å². The van der Waals surface area contributed by atoms with E-state index >= 15 is 0 Å². The van der Waals surface area contributed by atoms with Gasteiger partial charge in [-0.25, -0.2) is 4.79 Å². The molecule has 204 valence electrons. The third kappa shape index (κ3) is 11.8. The number of nitrogens with one attached hydrogen (secondary N) is 3. The zero-order chi connectivity index (χ0) is 27.4. The smallest absolute Gasteiger partial charge is 0.404 e. The van der Waals surface area contributed by atoms with Crippen LogP contribution in [0.1, 0.15) is 60.8 Å². The first kappa shape index (κ1) is 31.3. The molecule has 2 unspecified atom stereocenters. The van der Waals surface area contributed by atoms with Crippen LogP contribution in [-0.4, -0.2) is 58.6 Å². The Labute approximate surface area is 214 Å². The molecule has 0 saturated carbocycles. The number of para-hydroxylation sites is 1. The lowest BCUT2D eigenvalue weighted by Crippen LogP contribution is -2.57. The Bertz CT molecular complexity index is 818. The highest BCUT2D eigenvalue weighted by Crippen LogP contribution is 2.16. The number of hydrogen-bond donors (Lipinski definition) is 6. The van der Waals surface area contributed by atoms with Gasteiger partial charge in [0.05, 0.1) is 12.1 Å². The Hall–Kier alpha value is -2.69. The molecule has 0 spiro atoms. The lowest BCUT2D eigenvalue weighted by molar-refractivity contribution is -0.130. The van der Waals surface area contributed by atoms with Crippen molar-refractivity contribution in [1.82, 2.24) is 10.6 Å². The average molecular weight is 509 g/mol. The molecule has 0 saturated heterocycles. The van der Waals surface area contributed by atoms with Gasteiger partial charge in [-0.1, -0.05) is 59.7 Å². The van der Waals surface area contributed by atoms with Crippen LogP contribution in [-0.2, 0) is 14.3 Å². The molecule has 0 aliphatic carbocycles. The Morgan fingerprint density at radius 3 is 1.92 bits per heavy atom. The van der Waals surface area contributed by atoms with E-state index in [4.69, 9.17) is 10.5 Å². The summed E-state index contributed by atoms with van der Waals surface area (Å²) in [6.45, 7) is 11.5. The van der Waals surface area contributed by atoms with Crippen molar-refractivity contribution in [3.05, 3.63) is 30.3 Å². The number of carbonyl (C=O) groups excluding carboxylic acids is 3. The third-order valence-electron chi connectivity index (χ3n) is 5.46. The van der Waals surface area contributed by atoms with E-state index in [2.05, 4.69) is 16.0 Å². The molecule has 1 aromatic rings. The third-order valence-corrected chi connectivity index (χ3v) is 5.46. The van der Waals surface area contributed by atoms with Crippen molar-refractivity contribution >= 4 is 23.6 Å². The maximum atomic E-state index is 13.3. The maximum absolute atomic E-state index is 13.3. The van der Waals surface area contributed by atoms with Crippen LogP contribution >= 0.6 is 0 Å². The molecule has 3 amide bonds. The molecule has 1 rings (SSSR count). The normalized spacial score (nSPS) is 15.8. The number of primary amides is 1. The zero-order valence-electron chi connectivity index (χ0n) is 22.2. The molecule has 0 aliphatic heterocycles. The molecule has 0 aromatic heterocycles. The maximum Gasteiger partial charge on any atom is 0.404 e. The predicted octanol–water partition coefficient (Wildman–Crippen LogP) is 2.35. The second-order valence-electron chi connectivity index (χ2n) is 10.4. The molecule has 5 atom stereocenters. The Morgan fingerprint density at radius 1 is 0.861 bits per heavy atom. The van der Waals surface area contributed by atoms with E-state index in [1.807, 2.05) is 47.6 Å². The summed E-state index contributed by atoms with van der Waals surface area (Å²) in [4.78, 5) is 37.3. The van der Waals surface area contributed by atoms with Crippen molar-refractivity contribution in [2.45, 2.75) is 91.3 Å². The summed E-state index contributed by atoms with van der Waals surface area (Å²) < 4.78 is 5.07. The minimum absolute atomic E-state index is 0.0795. The summed E-state index contributed by atoms with van der Waals surface area (Å²) in [5.74, 6) is -0.863. The second-order valence-corrected chi connectivity index (χ2v) is 10.4. The number of aliphatic hydroxyl groups is 2. The summed E-state index contributed by atoms with van der Waals surface area (Å²) in [5, 5.41) is 29.8. The van der Waals surface area contributed by atoms with Gasteiger partial charge in [-0.15, -0.1) is 0 Å². The fraction of sp³-hybridized carbons (Fsp3) is 0.654. The highest BCUT2D eigenvalue weighted by molar-refractivity contribution is 5.95. The largest absolute Gasteiger partial charge is 0.442 e. The van der Waals surface area contributed by atoms with E-state index in [0.29, 0.717) is 24.9 Å². The molecule has 0 aliphatic rings. The van der Waals surface area contributed by atoms with Gasteiger partial charge >= 0.3 is 6.09 Å². The summed E-state index contributed by atoms with van der Waals surface area (Å²) in [6.07, 6.45) is -3.75. The lowest BCUT2D eigenvalue weighted by atomic mass is 9.96. The zero-order valence-corrected chi connectivity index (χ0v) is 22.2. The summed E-state index contributed by atoms with van der Waals surface area (Å²) in [5.41, 5.74) is 5.69. The van der Waals surface area contributed by atoms with Crippen LogP contribution in [0.3, 0.4) is 0 Å². The lowest BCUT2D eigenvalue weighted by Gasteiger charge is -2.31. The number of anilines is 1. The first-order valence-corrected chi connectivity index (χ1v) is 12.5. The van der Waals surface area contributed by atoms with Gasteiger partial charge in [0.25, 0.3) is 5.91 Å². The summed E-state index contributed by atoms with van der Waals surface area (Å²) in [7, 11) is 0. The highest BCUT2D eigenvalue weighted by atomic mass is 16.6. The topological polar surface area (TPSA) is 163 Å². The fourth-order valence-corrected chi connectivity index (χ4v) is 3.87. The van der Waals surface area contributed by atoms with Crippen LogP contribution in [0.25, 0.3) is 0 Å². The monoisotopic (exact) mass is 508 g/mol. The van der Waals surface area contributed by atoms with E-state index < -0.39 is 48.4 Å². The number of rotatable bonds is 15. The Morgan fingerprint density at radius 2 is 1.42 bits per heavy atom. The van der Waals surface area contributed by atoms with Gasteiger partial charge < -0.3 is 31.3 Å². The number of nitrogens with two attached hydrogens (primary N) is 1. The van der Waals surface area contributed by atoms with Crippen LogP contribution in [0.5, 0.6) is 0 Å². The molecule has 0 heterocycles. The standard InChI is InChI=1S/C26H44N4O6/c1-15(2)12-19(22(31)25(34)28-18-10-8-7-9-11-18)29-23(32)20(13-16(3)4)30-24(33)21(14-17(5)6)36-26(27)35/h7-11,15-17,19-22,24,30-31,33H,12-14H2,1-6H3,(H2,27,35)(H,28,34)(H,29,32)/t19-,20-,21?,22-,24?/m0/s1. The predicted molar refractivity (Wildman–Crippen MR) is 139 cm³/mol. The number of aliphatic hydroxyl groups excluding tert-OH is 2.